The van der Waals surface area contributed by atoms with Gasteiger partial charge in [0.15, 0.2) is 17.4 Å². The van der Waals surface area contributed by atoms with Gasteiger partial charge in [-0.1, -0.05) is 0 Å². The second-order valence-electron chi connectivity index (χ2n) is 3.76. The molecule has 0 atom stereocenters. The van der Waals surface area contributed by atoms with Crippen molar-refractivity contribution < 1.29 is 23.6 Å². The minimum absolute atomic E-state index is 0.0351. The summed E-state index contributed by atoms with van der Waals surface area (Å²) in [4.78, 5) is 0. The molecule has 0 saturated carbocycles. The van der Waals surface area contributed by atoms with Crippen LogP contribution in [-0.2, 0) is 0 Å². The Labute approximate surface area is 92.8 Å². The number of benzene rings is 1. The maximum Gasteiger partial charge on any atom is 0.488 e. The molecule has 88 valence electrons. The lowest BCUT2D eigenvalue weighted by Gasteiger charge is -2.15. The van der Waals surface area contributed by atoms with E-state index in [1.54, 1.807) is 13.8 Å². The van der Waals surface area contributed by atoms with Gasteiger partial charge in [0.05, 0.1) is 6.10 Å². The molecule has 0 unspecified atom stereocenters. The first-order valence-electron chi connectivity index (χ1n) is 4.85. The van der Waals surface area contributed by atoms with Crippen molar-refractivity contribution in [3.05, 3.63) is 23.3 Å². The molecule has 0 saturated heterocycles. The van der Waals surface area contributed by atoms with Gasteiger partial charge in [0.1, 0.15) is 0 Å². The SMILES string of the molecule is Cc1c(B(O)O)cc(F)c(OC(C)C)c1F. The monoisotopic (exact) mass is 230 g/mol. The van der Waals surface area contributed by atoms with Gasteiger partial charge in [-0.3, -0.25) is 0 Å². The summed E-state index contributed by atoms with van der Waals surface area (Å²) in [6, 6.07) is 0.862. The molecule has 6 heteroatoms. The van der Waals surface area contributed by atoms with Gasteiger partial charge < -0.3 is 14.8 Å². The molecule has 16 heavy (non-hydrogen) atoms. The molecule has 0 amide bonds. The Bertz CT molecular complexity index is 394. The van der Waals surface area contributed by atoms with Crippen LogP contribution in [0.15, 0.2) is 6.07 Å². The van der Waals surface area contributed by atoms with E-state index in [9.17, 15) is 8.78 Å². The van der Waals surface area contributed by atoms with Crippen molar-refractivity contribution in [1.29, 1.82) is 0 Å². The first-order valence-corrected chi connectivity index (χ1v) is 4.85. The first-order chi connectivity index (χ1) is 7.34. The number of rotatable bonds is 3. The third-order valence-electron chi connectivity index (χ3n) is 2.09. The van der Waals surface area contributed by atoms with Crippen LogP contribution in [0.1, 0.15) is 19.4 Å². The predicted molar refractivity (Wildman–Crippen MR) is 56.7 cm³/mol. The number of hydrogen-bond donors (Lipinski definition) is 2. The van der Waals surface area contributed by atoms with Crippen molar-refractivity contribution in [2.45, 2.75) is 26.9 Å². The number of hydrogen-bond acceptors (Lipinski definition) is 3. The highest BCUT2D eigenvalue weighted by Gasteiger charge is 2.23. The van der Waals surface area contributed by atoms with E-state index in [4.69, 9.17) is 14.8 Å². The molecule has 0 fully saturated rings. The van der Waals surface area contributed by atoms with E-state index in [1.807, 2.05) is 0 Å². The highest BCUT2D eigenvalue weighted by Crippen LogP contribution is 2.24. The average molecular weight is 230 g/mol. The highest BCUT2D eigenvalue weighted by atomic mass is 19.1. The van der Waals surface area contributed by atoms with Crippen LogP contribution < -0.4 is 10.2 Å². The molecule has 0 radical (unpaired) electrons. The summed E-state index contributed by atoms with van der Waals surface area (Å²) in [5.41, 5.74) is -0.238. The van der Waals surface area contributed by atoms with E-state index in [0.717, 1.165) is 6.07 Å². The molecule has 0 bridgehead atoms. The number of halogens is 2. The van der Waals surface area contributed by atoms with E-state index in [1.165, 1.54) is 6.92 Å². The Morgan fingerprint density at radius 1 is 1.31 bits per heavy atom. The van der Waals surface area contributed by atoms with Gasteiger partial charge >= 0.3 is 7.12 Å². The second-order valence-corrected chi connectivity index (χ2v) is 3.76. The molecule has 1 aromatic carbocycles. The summed E-state index contributed by atoms with van der Waals surface area (Å²) in [7, 11) is -1.91. The topological polar surface area (TPSA) is 49.7 Å². The van der Waals surface area contributed by atoms with E-state index >= 15 is 0 Å². The summed E-state index contributed by atoms with van der Waals surface area (Å²) in [5, 5.41) is 17.8. The lowest BCUT2D eigenvalue weighted by molar-refractivity contribution is 0.219. The van der Waals surface area contributed by atoms with Crippen LogP contribution in [0, 0.1) is 18.6 Å². The number of ether oxygens (including phenoxy) is 1. The Hall–Kier alpha value is -1.14. The van der Waals surface area contributed by atoms with Crippen molar-refractivity contribution in [3.63, 3.8) is 0 Å². The van der Waals surface area contributed by atoms with Crippen molar-refractivity contribution in [1.82, 2.24) is 0 Å². The van der Waals surface area contributed by atoms with Crippen molar-refractivity contribution in [3.8, 4) is 5.75 Å². The highest BCUT2D eigenvalue weighted by molar-refractivity contribution is 6.59. The Balaban J connectivity index is 3.28. The molecule has 3 nitrogen and oxygen atoms in total. The second kappa shape index (κ2) is 4.80. The van der Waals surface area contributed by atoms with Crippen LogP contribution >= 0.6 is 0 Å². The molecule has 1 rings (SSSR count). The van der Waals surface area contributed by atoms with Crippen LogP contribution in [0.3, 0.4) is 0 Å². The Morgan fingerprint density at radius 3 is 2.31 bits per heavy atom. The fourth-order valence-corrected chi connectivity index (χ4v) is 1.32. The third kappa shape index (κ3) is 2.51. The van der Waals surface area contributed by atoms with Gasteiger partial charge in [0.2, 0.25) is 0 Å². The molecular weight excluding hydrogens is 217 g/mol. The van der Waals surface area contributed by atoms with Crippen molar-refractivity contribution in [2.24, 2.45) is 0 Å². The van der Waals surface area contributed by atoms with Gasteiger partial charge in [0.25, 0.3) is 0 Å². The molecule has 0 spiro atoms. The van der Waals surface area contributed by atoms with Crippen LogP contribution in [0.25, 0.3) is 0 Å². The van der Waals surface area contributed by atoms with Crippen LogP contribution in [0.4, 0.5) is 8.78 Å². The maximum absolute atomic E-state index is 13.7. The van der Waals surface area contributed by atoms with Crippen LogP contribution in [0.5, 0.6) is 5.75 Å². The van der Waals surface area contributed by atoms with E-state index in [2.05, 4.69) is 0 Å². The predicted octanol–water partition coefficient (Wildman–Crippen LogP) is 0.740. The van der Waals surface area contributed by atoms with E-state index in [0.29, 0.717) is 0 Å². The van der Waals surface area contributed by atoms with Gasteiger partial charge in [-0.25, -0.2) is 8.78 Å². The van der Waals surface area contributed by atoms with E-state index < -0.39 is 24.5 Å². The zero-order chi connectivity index (χ0) is 12.5. The fourth-order valence-electron chi connectivity index (χ4n) is 1.32. The molecule has 1 aromatic rings. The van der Waals surface area contributed by atoms with Gasteiger partial charge in [0, 0.05) is 0 Å². The zero-order valence-electron chi connectivity index (χ0n) is 9.29. The largest absolute Gasteiger partial charge is 0.488 e. The summed E-state index contributed by atoms with van der Waals surface area (Å²) in [6.45, 7) is 4.61. The quantitative estimate of drug-likeness (QED) is 0.753. The van der Waals surface area contributed by atoms with Crippen molar-refractivity contribution in [2.75, 3.05) is 0 Å². The molecule has 2 N–H and O–H groups in total. The van der Waals surface area contributed by atoms with Gasteiger partial charge in [-0.2, -0.15) is 0 Å². The van der Waals surface area contributed by atoms with Gasteiger partial charge in [-0.05, 0) is 37.9 Å². The van der Waals surface area contributed by atoms with Crippen molar-refractivity contribution >= 4 is 12.6 Å². The Kier molecular flexibility index (Phi) is 3.88. The molecular formula is C10H13BF2O3. The molecule has 0 heterocycles. The Morgan fingerprint density at radius 2 is 1.88 bits per heavy atom. The lowest BCUT2D eigenvalue weighted by atomic mass is 9.77. The molecule has 0 aromatic heterocycles. The molecule has 0 aliphatic carbocycles. The minimum Gasteiger partial charge on any atom is -0.485 e. The first kappa shape index (κ1) is 12.9. The standard InChI is InChI=1S/C10H13BF2O3/c1-5(2)16-10-8(12)4-7(11(14)15)6(3)9(10)13/h4-5,14-15H,1-3H3. The smallest absolute Gasteiger partial charge is 0.485 e. The van der Waals surface area contributed by atoms with Gasteiger partial charge in [-0.15, -0.1) is 0 Å². The van der Waals surface area contributed by atoms with E-state index in [-0.39, 0.29) is 17.1 Å². The van der Waals surface area contributed by atoms with Crippen LogP contribution in [-0.4, -0.2) is 23.3 Å². The summed E-state index contributed by atoms with van der Waals surface area (Å²) in [5.74, 6) is -2.34. The summed E-state index contributed by atoms with van der Waals surface area (Å²) < 4.78 is 32.1. The molecule has 0 aliphatic heterocycles. The minimum atomic E-state index is -1.91. The zero-order valence-corrected chi connectivity index (χ0v) is 9.29. The van der Waals surface area contributed by atoms with Crippen LogP contribution in [0.2, 0.25) is 0 Å². The average Bonchev–Trinajstić information content (AvgIpc) is 2.17. The third-order valence-corrected chi connectivity index (χ3v) is 2.09. The molecule has 0 aliphatic rings. The normalized spacial score (nSPS) is 10.8. The lowest BCUT2D eigenvalue weighted by Crippen LogP contribution is -2.33. The summed E-state index contributed by atoms with van der Waals surface area (Å²) >= 11 is 0. The summed E-state index contributed by atoms with van der Waals surface area (Å²) in [6.07, 6.45) is -0.367. The fraction of sp³-hybridized carbons (Fsp3) is 0.400. The maximum atomic E-state index is 13.7.